The van der Waals surface area contributed by atoms with Crippen LogP contribution in [0.25, 0.3) is 0 Å². The number of benzene rings is 1. The van der Waals surface area contributed by atoms with E-state index in [1.165, 1.54) is 7.11 Å². The lowest BCUT2D eigenvalue weighted by molar-refractivity contribution is -0.137. The molecule has 0 aliphatic heterocycles. The Balaban J connectivity index is 2.75. The molecule has 1 aromatic carbocycles. The normalized spacial score (nSPS) is 12.2. The Bertz CT molecular complexity index is 381. The number of ether oxygens (including phenoxy) is 1. The number of methoxy groups -OCH3 is 1. The number of rotatable bonds is 5. The Morgan fingerprint density at radius 1 is 1.62 bits per heavy atom. The third kappa shape index (κ3) is 3.40. The molecule has 4 nitrogen and oxygen atoms in total. The first-order valence-electron chi connectivity index (χ1n) is 4.85. The zero-order chi connectivity index (χ0) is 12.1. The van der Waals surface area contributed by atoms with Crippen LogP contribution in [0.15, 0.2) is 18.2 Å². The maximum absolute atomic E-state index is 10.4. The van der Waals surface area contributed by atoms with Gasteiger partial charge in [-0.3, -0.25) is 4.79 Å². The van der Waals surface area contributed by atoms with Crippen molar-refractivity contribution in [1.29, 1.82) is 0 Å². The van der Waals surface area contributed by atoms with Gasteiger partial charge in [-0.1, -0.05) is 17.7 Å². The monoisotopic (exact) mass is 243 g/mol. The van der Waals surface area contributed by atoms with Crippen molar-refractivity contribution < 1.29 is 14.6 Å². The standard InChI is InChI=1S/C11H14ClNO3/c1-16-10-6-7(2-3-8(10)12)9(13)4-5-11(14)15/h2-3,6,9H,4-5,13H2,1H3,(H,14,15). The van der Waals surface area contributed by atoms with Gasteiger partial charge in [0.1, 0.15) is 5.75 Å². The molecule has 1 atom stereocenters. The molecule has 3 N–H and O–H groups in total. The van der Waals surface area contributed by atoms with Crippen LogP contribution in [0, 0.1) is 0 Å². The van der Waals surface area contributed by atoms with Crippen LogP contribution < -0.4 is 10.5 Å². The van der Waals surface area contributed by atoms with Crippen molar-refractivity contribution in [1.82, 2.24) is 0 Å². The summed E-state index contributed by atoms with van der Waals surface area (Å²) < 4.78 is 5.06. The second kappa shape index (κ2) is 5.72. The van der Waals surface area contributed by atoms with Crippen LogP contribution in [0.1, 0.15) is 24.4 Å². The van der Waals surface area contributed by atoms with E-state index in [1.807, 2.05) is 0 Å². The Morgan fingerprint density at radius 2 is 2.31 bits per heavy atom. The van der Waals surface area contributed by atoms with Gasteiger partial charge in [-0.2, -0.15) is 0 Å². The Labute approximate surface area is 99.0 Å². The third-order valence-electron chi connectivity index (χ3n) is 2.27. The molecule has 1 rings (SSSR count). The first-order chi connectivity index (χ1) is 7.54. The van der Waals surface area contributed by atoms with Crippen molar-refractivity contribution >= 4 is 17.6 Å². The summed E-state index contributed by atoms with van der Waals surface area (Å²) in [5.41, 5.74) is 6.68. The molecule has 0 aromatic heterocycles. The van der Waals surface area contributed by atoms with Crippen LogP contribution in [0.4, 0.5) is 0 Å². The molecule has 0 bridgehead atoms. The average Bonchev–Trinajstić information content (AvgIpc) is 2.26. The van der Waals surface area contributed by atoms with Crippen LogP contribution in [0.2, 0.25) is 5.02 Å². The fourth-order valence-corrected chi connectivity index (χ4v) is 1.55. The molecule has 1 unspecified atom stereocenters. The lowest BCUT2D eigenvalue weighted by Crippen LogP contribution is -2.12. The minimum Gasteiger partial charge on any atom is -0.495 e. The summed E-state index contributed by atoms with van der Waals surface area (Å²) in [5, 5.41) is 9.06. The molecular weight excluding hydrogens is 230 g/mol. The van der Waals surface area contributed by atoms with Crippen molar-refractivity contribution in [3.63, 3.8) is 0 Å². The number of hydrogen-bond acceptors (Lipinski definition) is 3. The highest BCUT2D eigenvalue weighted by Crippen LogP contribution is 2.28. The molecular formula is C11H14ClNO3. The van der Waals surface area contributed by atoms with Gasteiger partial charge in [0.05, 0.1) is 12.1 Å². The predicted octanol–water partition coefficient (Wildman–Crippen LogP) is 2.21. The quantitative estimate of drug-likeness (QED) is 0.832. The van der Waals surface area contributed by atoms with Crippen LogP contribution in [-0.4, -0.2) is 18.2 Å². The van der Waals surface area contributed by atoms with Crippen LogP contribution >= 0.6 is 11.6 Å². The first-order valence-corrected chi connectivity index (χ1v) is 5.23. The van der Waals surface area contributed by atoms with Crippen molar-refractivity contribution in [2.75, 3.05) is 7.11 Å². The van der Waals surface area contributed by atoms with E-state index in [9.17, 15) is 4.79 Å². The average molecular weight is 244 g/mol. The van der Waals surface area contributed by atoms with Gasteiger partial charge in [-0.15, -0.1) is 0 Å². The molecule has 0 saturated carbocycles. The summed E-state index contributed by atoms with van der Waals surface area (Å²) in [5.74, 6) is -0.304. The van der Waals surface area contributed by atoms with Crippen LogP contribution in [0.3, 0.4) is 0 Å². The molecule has 0 fully saturated rings. The number of carboxylic acid groups (broad SMARTS) is 1. The number of carboxylic acids is 1. The van der Waals surface area contributed by atoms with E-state index in [1.54, 1.807) is 18.2 Å². The van der Waals surface area contributed by atoms with Crippen molar-refractivity contribution in [3.05, 3.63) is 28.8 Å². The van der Waals surface area contributed by atoms with Crippen LogP contribution in [0.5, 0.6) is 5.75 Å². The number of hydrogen-bond donors (Lipinski definition) is 2. The fourth-order valence-electron chi connectivity index (χ4n) is 1.35. The second-order valence-electron chi connectivity index (χ2n) is 3.43. The molecule has 0 radical (unpaired) electrons. The molecule has 0 aliphatic carbocycles. The van der Waals surface area contributed by atoms with E-state index >= 15 is 0 Å². The SMILES string of the molecule is COc1cc(C(N)CCC(=O)O)ccc1Cl. The van der Waals surface area contributed by atoms with Crippen molar-refractivity contribution in [2.45, 2.75) is 18.9 Å². The lowest BCUT2D eigenvalue weighted by Gasteiger charge is -2.12. The van der Waals surface area contributed by atoms with E-state index in [-0.39, 0.29) is 12.5 Å². The number of carbonyl (C=O) groups is 1. The first kappa shape index (κ1) is 12.8. The van der Waals surface area contributed by atoms with E-state index in [0.717, 1.165) is 5.56 Å². The number of halogens is 1. The Morgan fingerprint density at radius 3 is 2.88 bits per heavy atom. The van der Waals surface area contributed by atoms with Gasteiger partial charge < -0.3 is 15.6 Å². The molecule has 0 aliphatic rings. The Kier molecular flexibility index (Phi) is 4.58. The van der Waals surface area contributed by atoms with Gasteiger partial charge in [0, 0.05) is 12.5 Å². The molecule has 5 heteroatoms. The molecule has 0 heterocycles. The topological polar surface area (TPSA) is 72.5 Å². The lowest BCUT2D eigenvalue weighted by atomic mass is 10.0. The summed E-state index contributed by atoms with van der Waals surface area (Å²) in [6, 6.07) is 4.88. The zero-order valence-electron chi connectivity index (χ0n) is 8.94. The summed E-state index contributed by atoms with van der Waals surface area (Å²) >= 11 is 5.87. The summed E-state index contributed by atoms with van der Waals surface area (Å²) in [6.07, 6.45) is 0.437. The highest BCUT2D eigenvalue weighted by Gasteiger charge is 2.10. The summed E-state index contributed by atoms with van der Waals surface area (Å²) in [7, 11) is 1.52. The maximum Gasteiger partial charge on any atom is 0.303 e. The molecule has 0 spiro atoms. The Hall–Kier alpha value is -1.26. The van der Waals surface area contributed by atoms with E-state index in [2.05, 4.69) is 0 Å². The fraction of sp³-hybridized carbons (Fsp3) is 0.364. The highest BCUT2D eigenvalue weighted by atomic mass is 35.5. The predicted molar refractivity (Wildman–Crippen MR) is 61.8 cm³/mol. The second-order valence-corrected chi connectivity index (χ2v) is 3.84. The van der Waals surface area contributed by atoms with Gasteiger partial charge in [0.25, 0.3) is 0 Å². The van der Waals surface area contributed by atoms with Crippen molar-refractivity contribution in [3.8, 4) is 5.75 Å². The van der Waals surface area contributed by atoms with Crippen molar-refractivity contribution in [2.24, 2.45) is 5.73 Å². The number of nitrogens with two attached hydrogens (primary N) is 1. The molecule has 1 aromatic rings. The van der Waals surface area contributed by atoms with Gasteiger partial charge in [-0.25, -0.2) is 0 Å². The largest absolute Gasteiger partial charge is 0.495 e. The van der Waals surface area contributed by atoms with Gasteiger partial charge in [0.2, 0.25) is 0 Å². The van der Waals surface area contributed by atoms with Gasteiger partial charge in [0.15, 0.2) is 0 Å². The summed E-state index contributed by atoms with van der Waals surface area (Å²) in [6.45, 7) is 0. The smallest absolute Gasteiger partial charge is 0.303 e. The van der Waals surface area contributed by atoms with Crippen LogP contribution in [-0.2, 0) is 4.79 Å². The molecule has 88 valence electrons. The molecule has 0 amide bonds. The minimum atomic E-state index is -0.851. The summed E-state index contributed by atoms with van der Waals surface area (Å²) in [4.78, 5) is 10.4. The van der Waals surface area contributed by atoms with Gasteiger partial charge >= 0.3 is 5.97 Å². The number of aliphatic carboxylic acids is 1. The molecule has 0 saturated heterocycles. The molecule has 16 heavy (non-hydrogen) atoms. The van der Waals surface area contributed by atoms with Gasteiger partial charge in [-0.05, 0) is 24.1 Å². The maximum atomic E-state index is 10.4. The zero-order valence-corrected chi connectivity index (χ0v) is 9.70. The van der Waals surface area contributed by atoms with E-state index < -0.39 is 5.97 Å². The van der Waals surface area contributed by atoms with E-state index in [4.69, 9.17) is 27.2 Å². The van der Waals surface area contributed by atoms with E-state index in [0.29, 0.717) is 17.2 Å². The minimum absolute atomic E-state index is 0.0477. The highest BCUT2D eigenvalue weighted by molar-refractivity contribution is 6.32. The third-order valence-corrected chi connectivity index (χ3v) is 2.58.